The van der Waals surface area contributed by atoms with Gasteiger partial charge in [-0.2, -0.15) is 0 Å². The maximum Gasteiger partial charge on any atom is 0.361 e. The van der Waals surface area contributed by atoms with Gasteiger partial charge < -0.3 is 9.31 Å². The molecule has 234 valence electrons. The fraction of sp³-hybridized carbons (Fsp3) is 0.333. The molecule has 4 nitrogen and oxygen atoms in total. The summed E-state index contributed by atoms with van der Waals surface area (Å²) in [5.74, 6) is 0. The van der Waals surface area contributed by atoms with Gasteiger partial charge in [-0.25, -0.2) is 0 Å². The Labute approximate surface area is 284 Å². The quantitative estimate of drug-likeness (QED) is 0.189. The van der Waals surface area contributed by atoms with Gasteiger partial charge >= 0.3 is 13.8 Å². The lowest BCUT2D eigenvalue weighted by Crippen LogP contribution is -2.51. The Balaban J connectivity index is 1.13. The van der Waals surface area contributed by atoms with Crippen molar-refractivity contribution < 1.29 is 9.31 Å². The lowest BCUT2D eigenvalue weighted by atomic mass is 9.55. The van der Waals surface area contributed by atoms with Crippen molar-refractivity contribution in [1.82, 2.24) is 9.80 Å². The Hall–Kier alpha value is -2.28. The monoisotopic (exact) mass is 660 g/mol. The van der Waals surface area contributed by atoms with Crippen molar-refractivity contribution in [3.05, 3.63) is 116 Å². The Morgan fingerprint density at radius 1 is 0.511 bits per heavy atom. The van der Waals surface area contributed by atoms with Crippen molar-refractivity contribution in [2.24, 2.45) is 0 Å². The molecule has 0 unspecified atom stereocenters. The number of aryl methyl sites for hydroxylation is 4. The maximum atomic E-state index is 6.53. The average Bonchev–Trinajstić information content (AvgIpc) is 3.03. The number of hydrogen-bond donors (Lipinski definition) is 0. The second-order valence-electron chi connectivity index (χ2n) is 12.1. The lowest BCUT2D eigenvalue weighted by molar-refractivity contribution is 0.106. The van der Waals surface area contributed by atoms with E-state index in [-0.39, 0.29) is 13.8 Å². The van der Waals surface area contributed by atoms with Crippen molar-refractivity contribution in [3.63, 3.8) is 0 Å². The molecule has 9 heteroatoms. The van der Waals surface area contributed by atoms with Gasteiger partial charge in [0.05, 0.1) is 0 Å². The molecule has 4 aromatic carbocycles. The zero-order valence-electron chi connectivity index (χ0n) is 26.7. The smallest absolute Gasteiger partial charge is 0.361 e. The number of halogens is 3. The third-order valence-corrected chi connectivity index (χ3v) is 9.95. The molecule has 1 fully saturated rings. The van der Waals surface area contributed by atoms with Crippen LogP contribution in [0.2, 0.25) is 15.1 Å². The number of rotatable bonds is 12. The summed E-state index contributed by atoms with van der Waals surface area (Å²) in [6, 6.07) is 27.1. The summed E-state index contributed by atoms with van der Waals surface area (Å²) in [5, 5.41) is 2.25. The van der Waals surface area contributed by atoms with E-state index in [0.717, 1.165) is 92.9 Å². The topological polar surface area (TPSA) is 24.9 Å². The number of piperazine rings is 1. The SMILES string of the molecule is Cc1ccc(B(OCCN2CCN(CCOB(c3ccc(C)c(Cl)c3)c3ccc(C)c(Cl)c3)CC2)c2ccc(C)c(Cl)c2)cc1. The molecular formula is C36H41B2Cl3N2O2. The molecule has 1 aliphatic rings. The predicted octanol–water partition coefficient (Wildman–Crippen LogP) is 5.44. The normalized spacial score (nSPS) is 14.1. The molecule has 1 saturated heterocycles. The molecule has 0 atom stereocenters. The van der Waals surface area contributed by atoms with Crippen LogP contribution in [0.4, 0.5) is 0 Å². The van der Waals surface area contributed by atoms with Gasteiger partial charge in [-0.15, -0.1) is 0 Å². The zero-order valence-corrected chi connectivity index (χ0v) is 28.9. The van der Waals surface area contributed by atoms with Gasteiger partial charge in [-0.3, -0.25) is 9.80 Å². The molecule has 0 radical (unpaired) electrons. The molecule has 1 aliphatic heterocycles. The number of nitrogens with zero attached hydrogens (tertiary/aromatic N) is 2. The van der Waals surface area contributed by atoms with Crippen LogP contribution in [0.1, 0.15) is 22.3 Å². The predicted molar refractivity (Wildman–Crippen MR) is 195 cm³/mol. The summed E-state index contributed by atoms with van der Waals surface area (Å²) in [6.07, 6.45) is 0. The first-order valence-electron chi connectivity index (χ1n) is 15.7. The third-order valence-electron chi connectivity index (χ3n) is 8.72. The Morgan fingerprint density at radius 3 is 1.20 bits per heavy atom. The Kier molecular flexibility index (Phi) is 12.1. The van der Waals surface area contributed by atoms with E-state index in [1.165, 1.54) is 5.56 Å². The molecule has 0 aromatic heterocycles. The molecular weight excluding hydrogens is 620 g/mol. The molecule has 0 bridgehead atoms. The van der Waals surface area contributed by atoms with Gasteiger partial charge in [-0.1, -0.05) is 101 Å². The van der Waals surface area contributed by atoms with Crippen molar-refractivity contribution in [2.75, 3.05) is 52.5 Å². The molecule has 0 spiro atoms. The van der Waals surface area contributed by atoms with Crippen molar-refractivity contribution in [3.8, 4) is 0 Å². The summed E-state index contributed by atoms with van der Waals surface area (Å²) in [4.78, 5) is 4.96. The summed E-state index contributed by atoms with van der Waals surface area (Å²) < 4.78 is 13.1. The number of hydrogen-bond acceptors (Lipinski definition) is 4. The minimum absolute atomic E-state index is 0.151. The molecule has 0 amide bonds. The van der Waals surface area contributed by atoms with E-state index < -0.39 is 0 Å². The number of benzene rings is 4. The molecule has 5 rings (SSSR count). The highest BCUT2D eigenvalue weighted by atomic mass is 35.5. The molecule has 0 saturated carbocycles. The Morgan fingerprint density at radius 2 is 0.844 bits per heavy atom. The van der Waals surface area contributed by atoms with Crippen LogP contribution < -0.4 is 21.9 Å². The molecule has 45 heavy (non-hydrogen) atoms. The van der Waals surface area contributed by atoms with Gasteiger partial charge in [-0.05, 0) is 84.4 Å². The maximum absolute atomic E-state index is 6.53. The molecule has 1 heterocycles. The van der Waals surface area contributed by atoms with Crippen molar-refractivity contribution in [1.29, 1.82) is 0 Å². The van der Waals surface area contributed by atoms with Crippen LogP contribution in [-0.2, 0) is 9.31 Å². The van der Waals surface area contributed by atoms with Gasteiger partial charge in [0.2, 0.25) is 0 Å². The average molecular weight is 662 g/mol. The minimum atomic E-state index is -0.232. The van der Waals surface area contributed by atoms with Crippen LogP contribution in [0.5, 0.6) is 0 Å². The first-order chi connectivity index (χ1) is 21.7. The Bertz CT molecular complexity index is 1530. The second kappa shape index (κ2) is 16.0. The lowest BCUT2D eigenvalue weighted by Gasteiger charge is -2.35. The summed E-state index contributed by atoms with van der Waals surface area (Å²) >= 11 is 19.5. The fourth-order valence-corrected chi connectivity index (χ4v) is 6.23. The van der Waals surface area contributed by atoms with E-state index >= 15 is 0 Å². The second-order valence-corrected chi connectivity index (χ2v) is 13.3. The van der Waals surface area contributed by atoms with Crippen LogP contribution in [0, 0.1) is 27.7 Å². The summed E-state index contributed by atoms with van der Waals surface area (Å²) in [6.45, 7) is 14.8. The molecule has 0 aliphatic carbocycles. The van der Waals surface area contributed by atoms with E-state index in [1.54, 1.807) is 0 Å². The van der Waals surface area contributed by atoms with Crippen LogP contribution in [0.15, 0.2) is 78.9 Å². The van der Waals surface area contributed by atoms with Gasteiger partial charge in [0.15, 0.2) is 0 Å². The van der Waals surface area contributed by atoms with Crippen LogP contribution >= 0.6 is 34.8 Å². The highest BCUT2D eigenvalue weighted by Crippen LogP contribution is 2.16. The molecule has 0 N–H and O–H groups in total. The molecule has 4 aromatic rings. The van der Waals surface area contributed by atoms with Gasteiger partial charge in [0.1, 0.15) is 0 Å². The third kappa shape index (κ3) is 9.17. The summed E-state index contributed by atoms with van der Waals surface area (Å²) in [7, 11) is 0. The van der Waals surface area contributed by atoms with Crippen molar-refractivity contribution >= 4 is 70.5 Å². The van der Waals surface area contributed by atoms with Gasteiger partial charge in [0, 0.05) is 67.6 Å². The van der Waals surface area contributed by atoms with Crippen molar-refractivity contribution in [2.45, 2.75) is 27.7 Å². The van der Waals surface area contributed by atoms with Crippen LogP contribution in [-0.4, -0.2) is 76.1 Å². The van der Waals surface area contributed by atoms with Crippen LogP contribution in [0.3, 0.4) is 0 Å². The first kappa shape index (κ1) is 34.1. The zero-order chi connectivity index (χ0) is 31.9. The highest BCUT2D eigenvalue weighted by molar-refractivity contribution is 6.80. The van der Waals surface area contributed by atoms with Crippen LogP contribution in [0.25, 0.3) is 0 Å². The highest BCUT2D eigenvalue weighted by Gasteiger charge is 2.25. The van der Waals surface area contributed by atoms with E-state index in [4.69, 9.17) is 44.1 Å². The van der Waals surface area contributed by atoms with E-state index in [1.807, 2.05) is 51.1 Å². The largest absolute Gasteiger partial charge is 0.426 e. The van der Waals surface area contributed by atoms with E-state index in [9.17, 15) is 0 Å². The van der Waals surface area contributed by atoms with E-state index in [2.05, 4.69) is 65.3 Å². The first-order valence-corrected chi connectivity index (χ1v) is 16.8. The minimum Gasteiger partial charge on any atom is -0.426 e. The van der Waals surface area contributed by atoms with E-state index in [0.29, 0.717) is 13.2 Å². The summed E-state index contributed by atoms with van der Waals surface area (Å²) in [5.41, 5.74) is 8.70. The standard InChI is InChI=1S/C36H41B2Cl3N2O2/c1-26-5-10-30(11-6-26)37(31-12-7-27(2)34(39)23-31)44-21-19-42-15-17-43(18-16-42)20-22-45-38(32-13-8-28(3)35(40)24-32)33-14-9-29(4)36(41)25-33/h5-14,23-25H,15-22H2,1-4H3. The van der Waals surface area contributed by atoms with Gasteiger partial charge in [0.25, 0.3) is 0 Å². The fourth-order valence-electron chi connectivity index (χ4n) is 5.66.